The van der Waals surface area contributed by atoms with Crippen LogP contribution < -0.4 is 4.90 Å². The van der Waals surface area contributed by atoms with E-state index in [0.29, 0.717) is 42.8 Å². The van der Waals surface area contributed by atoms with Gasteiger partial charge in [-0.1, -0.05) is 50.6 Å². The fourth-order valence-corrected chi connectivity index (χ4v) is 7.10. The van der Waals surface area contributed by atoms with Gasteiger partial charge in [-0.05, 0) is 69.2 Å². The summed E-state index contributed by atoms with van der Waals surface area (Å²) in [6, 6.07) is 13.4. The number of halogens is 2. The number of piperazine rings is 1. The van der Waals surface area contributed by atoms with Crippen molar-refractivity contribution in [1.82, 2.24) is 39.6 Å². The molecular formula is C30H33BrClN9O2S. The maximum Gasteiger partial charge on any atom is 0.251 e. The van der Waals surface area contributed by atoms with Gasteiger partial charge in [0, 0.05) is 53.4 Å². The summed E-state index contributed by atoms with van der Waals surface area (Å²) in [6.45, 7) is 8.67. The van der Waals surface area contributed by atoms with Crippen molar-refractivity contribution in [3.63, 3.8) is 0 Å². The molecule has 0 radical (unpaired) electrons. The van der Waals surface area contributed by atoms with E-state index in [4.69, 9.17) is 11.6 Å². The lowest BCUT2D eigenvalue weighted by Crippen LogP contribution is -2.57. The number of benzene rings is 2. The molecule has 2 fully saturated rings. The molecule has 2 aromatic carbocycles. The zero-order valence-electron chi connectivity index (χ0n) is 24.7. The Bertz CT molecular complexity index is 1650. The van der Waals surface area contributed by atoms with Gasteiger partial charge in [0.05, 0.1) is 23.3 Å². The van der Waals surface area contributed by atoms with E-state index in [2.05, 4.69) is 55.2 Å². The third kappa shape index (κ3) is 6.42. The first-order valence-electron chi connectivity index (χ1n) is 14.5. The fourth-order valence-electron chi connectivity index (χ4n) is 5.83. The van der Waals surface area contributed by atoms with Crippen molar-refractivity contribution in [2.75, 3.05) is 30.3 Å². The van der Waals surface area contributed by atoms with Crippen LogP contribution in [0.5, 0.6) is 0 Å². The van der Waals surface area contributed by atoms with Gasteiger partial charge >= 0.3 is 0 Å². The van der Waals surface area contributed by atoms with Crippen molar-refractivity contribution in [2.45, 2.75) is 57.0 Å². The molecule has 2 aromatic heterocycles. The normalized spacial score (nSPS) is 20.9. The second kappa shape index (κ2) is 13.0. The first-order valence-corrected chi connectivity index (χ1v) is 16.6. The van der Waals surface area contributed by atoms with E-state index < -0.39 is 0 Å². The smallest absolute Gasteiger partial charge is 0.251 e. The van der Waals surface area contributed by atoms with Crippen LogP contribution in [0.3, 0.4) is 0 Å². The van der Waals surface area contributed by atoms with Crippen molar-refractivity contribution in [3.8, 4) is 5.69 Å². The van der Waals surface area contributed by atoms with Crippen LogP contribution in [0.4, 0.5) is 5.69 Å². The molecule has 230 valence electrons. The van der Waals surface area contributed by atoms with Crippen molar-refractivity contribution < 1.29 is 9.59 Å². The predicted molar refractivity (Wildman–Crippen MR) is 173 cm³/mol. The molecule has 1 unspecified atom stereocenters. The molecule has 0 spiro atoms. The number of hydrogen-bond donors (Lipinski definition) is 0. The zero-order chi connectivity index (χ0) is 31.0. The summed E-state index contributed by atoms with van der Waals surface area (Å²) in [4.78, 5) is 32.5. The number of amides is 2. The largest absolute Gasteiger partial charge is 0.339 e. The van der Waals surface area contributed by atoms with Gasteiger partial charge in [0.2, 0.25) is 5.91 Å². The molecule has 2 saturated heterocycles. The molecule has 0 bridgehead atoms. The number of aryl methyl sites for hydroxylation is 1. The molecule has 3 atom stereocenters. The highest BCUT2D eigenvalue weighted by atomic mass is 79.9. The molecule has 11 nitrogen and oxygen atoms in total. The molecule has 4 aromatic rings. The summed E-state index contributed by atoms with van der Waals surface area (Å²) in [5.41, 5.74) is 3.54. The minimum atomic E-state index is -0.365. The summed E-state index contributed by atoms with van der Waals surface area (Å²) in [6.07, 6.45) is 4.20. The number of aromatic nitrogens is 6. The number of carbonyl (C=O) groups excluding carboxylic acids is 2. The molecule has 6 rings (SSSR count). The quantitative estimate of drug-likeness (QED) is 0.243. The number of carbonyl (C=O) groups is 2. The highest BCUT2D eigenvalue weighted by molar-refractivity contribution is 9.10. The Balaban J connectivity index is 1.03. The SMILES string of the molecule is Cc1ccc(-n2cnnc2SCC(=O)N2C[C@@H](C)N(Cc3cn(C4CCN(c5ccc(Br)cc5)C4=O)nn3)[C@@H](C)C2)cc1Cl. The molecule has 2 amide bonds. The number of anilines is 1. The van der Waals surface area contributed by atoms with Gasteiger partial charge in [0.15, 0.2) is 5.16 Å². The average Bonchev–Trinajstić information content (AvgIpc) is 3.75. The number of nitrogens with zero attached hydrogens (tertiary/aromatic N) is 9. The van der Waals surface area contributed by atoms with Crippen LogP contribution in [-0.2, 0) is 16.1 Å². The lowest BCUT2D eigenvalue weighted by molar-refractivity contribution is -0.132. The van der Waals surface area contributed by atoms with Gasteiger partial charge in [-0.3, -0.25) is 19.1 Å². The molecule has 4 heterocycles. The van der Waals surface area contributed by atoms with Crippen LogP contribution in [0.15, 0.2) is 64.6 Å². The molecule has 44 heavy (non-hydrogen) atoms. The summed E-state index contributed by atoms with van der Waals surface area (Å²) in [7, 11) is 0. The third-order valence-corrected chi connectivity index (χ3v) is 10.1. The average molecular weight is 699 g/mol. The van der Waals surface area contributed by atoms with E-state index in [9.17, 15) is 9.59 Å². The maximum atomic E-state index is 13.3. The maximum absolute atomic E-state index is 13.3. The van der Waals surface area contributed by atoms with Crippen molar-refractivity contribution >= 4 is 56.8 Å². The van der Waals surface area contributed by atoms with Gasteiger partial charge in [-0.25, -0.2) is 4.68 Å². The summed E-state index contributed by atoms with van der Waals surface area (Å²) in [5.74, 6) is 0.348. The van der Waals surface area contributed by atoms with E-state index >= 15 is 0 Å². The van der Waals surface area contributed by atoms with Crippen LogP contribution in [0.2, 0.25) is 5.02 Å². The van der Waals surface area contributed by atoms with Crippen LogP contribution in [0.1, 0.15) is 37.6 Å². The second-order valence-electron chi connectivity index (χ2n) is 11.3. The Morgan fingerprint density at radius 2 is 1.80 bits per heavy atom. The highest BCUT2D eigenvalue weighted by Gasteiger charge is 2.36. The van der Waals surface area contributed by atoms with Crippen LogP contribution in [0, 0.1) is 6.92 Å². The molecule has 0 N–H and O–H groups in total. The summed E-state index contributed by atoms with van der Waals surface area (Å²) < 4.78 is 4.52. The van der Waals surface area contributed by atoms with Gasteiger partial charge in [0.25, 0.3) is 5.91 Å². The molecule has 2 aliphatic heterocycles. The first-order chi connectivity index (χ1) is 21.2. The van der Waals surface area contributed by atoms with Crippen LogP contribution in [0.25, 0.3) is 5.69 Å². The van der Waals surface area contributed by atoms with Gasteiger partial charge in [0.1, 0.15) is 12.4 Å². The molecule has 0 aliphatic carbocycles. The van der Waals surface area contributed by atoms with Crippen LogP contribution >= 0.6 is 39.3 Å². The minimum Gasteiger partial charge on any atom is -0.339 e. The van der Waals surface area contributed by atoms with Gasteiger partial charge < -0.3 is 9.80 Å². The number of rotatable bonds is 8. The van der Waals surface area contributed by atoms with E-state index in [-0.39, 0.29) is 35.7 Å². The lowest BCUT2D eigenvalue weighted by Gasteiger charge is -2.44. The Morgan fingerprint density at radius 1 is 1.07 bits per heavy atom. The number of thioether (sulfide) groups is 1. The van der Waals surface area contributed by atoms with E-state index in [1.807, 2.05) is 65.1 Å². The van der Waals surface area contributed by atoms with E-state index in [1.165, 1.54) is 11.8 Å². The first kappa shape index (κ1) is 30.8. The molecule has 14 heteroatoms. The summed E-state index contributed by atoms with van der Waals surface area (Å²) >= 11 is 11.1. The fraction of sp³-hybridized carbons (Fsp3) is 0.400. The van der Waals surface area contributed by atoms with Gasteiger partial charge in [-0.15, -0.1) is 15.3 Å². The van der Waals surface area contributed by atoms with E-state index in [0.717, 1.165) is 27.1 Å². The topological polar surface area (TPSA) is 105 Å². The van der Waals surface area contributed by atoms with Crippen molar-refractivity contribution in [1.29, 1.82) is 0 Å². The molecular weight excluding hydrogens is 666 g/mol. The lowest BCUT2D eigenvalue weighted by atomic mass is 10.1. The Kier molecular flexibility index (Phi) is 9.08. The van der Waals surface area contributed by atoms with Crippen molar-refractivity contribution in [2.24, 2.45) is 0 Å². The standard InChI is InChI=1S/C30H33BrClN9O2S/c1-19-4-7-25(12-26(19)32)40-18-33-35-30(40)44-17-28(42)37-13-20(2)39(21(3)14-37)15-23-16-41(36-34-23)27-10-11-38(29(27)43)24-8-5-22(31)6-9-24/h4-9,12,16,18,20-21,27H,10-11,13-15,17H2,1-3H3/t20-,21+,27?. The minimum absolute atomic E-state index is 0.0245. The predicted octanol–water partition coefficient (Wildman–Crippen LogP) is 4.77. The zero-order valence-corrected chi connectivity index (χ0v) is 27.8. The Hall–Kier alpha value is -3.26. The molecule has 2 aliphatic rings. The van der Waals surface area contributed by atoms with Crippen molar-refractivity contribution in [3.05, 3.63) is 75.7 Å². The highest BCUT2D eigenvalue weighted by Crippen LogP contribution is 2.30. The van der Waals surface area contributed by atoms with Gasteiger partial charge in [-0.2, -0.15) is 0 Å². The monoisotopic (exact) mass is 697 g/mol. The molecule has 0 saturated carbocycles. The summed E-state index contributed by atoms with van der Waals surface area (Å²) in [5, 5.41) is 18.3. The second-order valence-corrected chi connectivity index (χ2v) is 13.6. The Labute approximate surface area is 273 Å². The van der Waals surface area contributed by atoms with E-state index in [1.54, 1.807) is 15.9 Å². The third-order valence-electron chi connectivity index (χ3n) is 8.27. The van der Waals surface area contributed by atoms with Crippen LogP contribution in [-0.4, -0.2) is 88.8 Å². The Morgan fingerprint density at radius 3 is 2.52 bits per heavy atom. The number of hydrogen-bond acceptors (Lipinski definition) is 8.